The highest BCUT2D eigenvalue weighted by molar-refractivity contribution is 7.98. The first-order valence-corrected chi connectivity index (χ1v) is 9.38. The fourth-order valence-electron chi connectivity index (χ4n) is 2.39. The van der Waals surface area contributed by atoms with Gasteiger partial charge in [0, 0.05) is 25.1 Å². The van der Waals surface area contributed by atoms with Crippen LogP contribution in [0.5, 0.6) is 0 Å². The number of hydrogen-bond acceptors (Lipinski definition) is 7. The lowest BCUT2D eigenvalue weighted by atomic mass is 10.2. The number of aryl methyl sites for hydroxylation is 3. The topological polar surface area (TPSA) is 85.7 Å². The lowest BCUT2D eigenvalue weighted by molar-refractivity contribution is 0.189. The van der Waals surface area contributed by atoms with Crippen LogP contribution in [0, 0.1) is 13.8 Å². The first kappa shape index (κ1) is 17.1. The smallest absolute Gasteiger partial charge is 0.259 e. The van der Waals surface area contributed by atoms with Crippen LogP contribution in [-0.4, -0.2) is 38.4 Å². The van der Waals surface area contributed by atoms with Crippen LogP contribution >= 0.6 is 23.1 Å². The van der Waals surface area contributed by atoms with Crippen molar-refractivity contribution in [3.63, 3.8) is 0 Å². The van der Waals surface area contributed by atoms with Crippen molar-refractivity contribution in [1.29, 1.82) is 0 Å². The summed E-state index contributed by atoms with van der Waals surface area (Å²) in [5.74, 6) is 1.20. The molecule has 0 saturated carbocycles. The van der Waals surface area contributed by atoms with Crippen molar-refractivity contribution in [1.82, 2.24) is 24.7 Å². The molecule has 3 aromatic rings. The fourth-order valence-corrected chi connectivity index (χ4v) is 4.25. The number of nitrogens with one attached hydrogen (secondary N) is 1. The van der Waals surface area contributed by atoms with Crippen molar-refractivity contribution in [2.24, 2.45) is 0 Å². The molecule has 0 aliphatic carbocycles. The molecule has 0 aromatic carbocycles. The number of hydrogen-bond donors (Lipinski definition) is 1. The summed E-state index contributed by atoms with van der Waals surface area (Å²) in [5.41, 5.74) is 0.944. The molecule has 0 fully saturated rings. The SMILES string of the molecule is COCCCn1cnnc1SCc1nc2sc(C)c(C)c2c(=O)[nH]1. The van der Waals surface area contributed by atoms with Gasteiger partial charge in [-0.3, -0.25) is 4.79 Å². The van der Waals surface area contributed by atoms with Crippen molar-refractivity contribution >= 4 is 33.3 Å². The second-order valence-corrected chi connectivity index (χ2v) is 7.56. The molecule has 128 valence electrons. The highest BCUT2D eigenvalue weighted by atomic mass is 32.2. The van der Waals surface area contributed by atoms with E-state index in [1.807, 2.05) is 18.4 Å². The summed E-state index contributed by atoms with van der Waals surface area (Å²) in [6, 6.07) is 0. The maximum atomic E-state index is 12.3. The third kappa shape index (κ3) is 3.52. The van der Waals surface area contributed by atoms with Crippen molar-refractivity contribution in [3.8, 4) is 0 Å². The maximum Gasteiger partial charge on any atom is 0.259 e. The molecular weight excluding hydrogens is 346 g/mol. The summed E-state index contributed by atoms with van der Waals surface area (Å²) in [6.45, 7) is 5.47. The van der Waals surface area contributed by atoms with E-state index in [4.69, 9.17) is 4.74 Å². The van der Waals surface area contributed by atoms with E-state index in [0.717, 1.165) is 33.4 Å². The van der Waals surface area contributed by atoms with E-state index in [1.165, 1.54) is 11.8 Å². The van der Waals surface area contributed by atoms with Crippen molar-refractivity contribution in [2.45, 2.75) is 37.7 Å². The predicted octanol–water partition coefficient (Wildman–Crippen LogP) is 2.52. The van der Waals surface area contributed by atoms with Gasteiger partial charge in [0.05, 0.1) is 11.1 Å². The number of thiophene rings is 1. The van der Waals surface area contributed by atoms with Gasteiger partial charge in [-0.1, -0.05) is 11.8 Å². The Morgan fingerprint density at radius 1 is 1.42 bits per heavy atom. The number of aromatic nitrogens is 5. The number of rotatable bonds is 7. The molecule has 0 aliphatic heterocycles. The Labute approximate surface area is 147 Å². The van der Waals surface area contributed by atoms with Gasteiger partial charge < -0.3 is 14.3 Å². The third-order valence-corrected chi connectivity index (χ3v) is 5.85. The average Bonchev–Trinajstić information content (AvgIpc) is 3.11. The Balaban J connectivity index is 1.75. The number of H-pyrrole nitrogens is 1. The lowest BCUT2D eigenvalue weighted by Crippen LogP contribution is -2.11. The van der Waals surface area contributed by atoms with Gasteiger partial charge in [-0.05, 0) is 25.8 Å². The van der Waals surface area contributed by atoms with Gasteiger partial charge in [0.2, 0.25) is 0 Å². The van der Waals surface area contributed by atoms with Crippen LogP contribution in [0.1, 0.15) is 22.7 Å². The average molecular weight is 365 g/mol. The molecule has 0 unspecified atom stereocenters. The summed E-state index contributed by atoms with van der Waals surface area (Å²) < 4.78 is 7.05. The first-order valence-electron chi connectivity index (χ1n) is 7.58. The van der Waals surface area contributed by atoms with E-state index in [2.05, 4.69) is 20.2 Å². The third-order valence-electron chi connectivity index (χ3n) is 3.75. The van der Waals surface area contributed by atoms with Crippen molar-refractivity contribution < 1.29 is 4.74 Å². The normalized spacial score (nSPS) is 11.5. The molecule has 7 nitrogen and oxygen atoms in total. The Hall–Kier alpha value is -1.71. The van der Waals surface area contributed by atoms with Gasteiger partial charge in [-0.15, -0.1) is 21.5 Å². The van der Waals surface area contributed by atoms with Gasteiger partial charge in [-0.2, -0.15) is 0 Å². The molecule has 3 heterocycles. The largest absolute Gasteiger partial charge is 0.385 e. The Kier molecular flexibility index (Phi) is 5.32. The number of nitrogens with zero attached hydrogens (tertiary/aromatic N) is 4. The molecular formula is C15H19N5O2S2. The van der Waals surface area contributed by atoms with Gasteiger partial charge in [-0.25, -0.2) is 4.98 Å². The summed E-state index contributed by atoms with van der Waals surface area (Å²) >= 11 is 3.07. The number of methoxy groups -OCH3 is 1. The number of thioether (sulfide) groups is 1. The molecule has 0 radical (unpaired) electrons. The van der Waals surface area contributed by atoms with Gasteiger partial charge >= 0.3 is 0 Å². The van der Waals surface area contributed by atoms with Crippen LogP contribution in [0.4, 0.5) is 0 Å². The zero-order valence-electron chi connectivity index (χ0n) is 13.8. The number of fused-ring (bicyclic) bond motifs is 1. The minimum absolute atomic E-state index is 0.0704. The van der Waals surface area contributed by atoms with E-state index < -0.39 is 0 Å². The van der Waals surface area contributed by atoms with Crippen molar-refractivity contribution in [2.75, 3.05) is 13.7 Å². The quantitative estimate of drug-likeness (QED) is 0.511. The number of aromatic amines is 1. The summed E-state index contributed by atoms with van der Waals surface area (Å²) in [6.07, 6.45) is 2.61. The van der Waals surface area contributed by atoms with Gasteiger partial charge in [0.15, 0.2) is 5.16 Å². The zero-order valence-corrected chi connectivity index (χ0v) is 15.5. The summed E-state index contributed by atoms with van der Waals surface area (Å²) in [7, 11) is 1.69. The maximum absolute atomic E-state index is 12.3. The van der Waals surface area contributed by atoms with E-state index in [0.29, 0.717) is 23.6 Å². The Morgan fingerprint density at radius 2 is 2.25 bits per heavy atom. The minimum atomic E-state index is -0.0704. The molecule has 0 bridgehead atoms. The predicted molar refractivity (Wildman–Crippen MR) is 95.8 cm³/mol. The Morgan fingerprint density at radius 3 is 3.04 bits per heavy atom. The Bertz CT molecular complexity index is 899. The van der Waals surface area contributed by atoms with Crippen LogP contribution < -0.4 is 5.56 Å². The highest BCUT2D eigenvalue weighted by Gasteiger charge is 2.13. The van der Waals surface area contributed by atoms with Crippen LogP contribution in [0.3, 0.4) is 0 Å². The van der Waals surface area contributed by atoms with E-state index in [-0.39, 0.29) is 5.56 Å². The van der Waals surface area contributed by atoms with Crippen LogP contribution in [0.25, 0.3) is 10.2 Å². The molecule has 0 atom stereocenters. The fraction of sp³-hybridized carbons (Fsp3) is 0.467. The standard InChI is InChI=1S/C15H19N5O2S2/c1-9-10(2)24-14-12(9)13(21)17-11(18-14)7-23-15-19-16-8-20(15)5-4-6-22-3/h8H,4-7H2,1-3H3,(H,17,18,21). The van der Waals surface area contributed by atoms with Crippen LogP contribution in [0.2, 0.25) is 0 Å². The molecule has 0 amide bonds. The molecule has 0 aliphatic rings. The molecule has 9 heteroatoms. The van der Waals surface area contributed by atoms with Crippen LogP contribution in [-0.2, 0) is 17.0 Å². The second kappa shape index (κ2) is 7.45. The summed E-state index contributed by atoms with van der Waals surface area (Å²) in [5, 5.41) is 9.60. The molecule has 3 rings (SSSR count). The number of ether oxygens (including phenoxy) is 1. The van der Waals surface area contributed by atoms with E-state index in [9.17, 15) is 4.79 Å². The second-order valence-electron chi connectivity index (χ2n) is 5.42. The van der Waals surface area contributed by atoms with Crippen LogP contribution in [0.15, 0.2) is 16.3 Å². The highest BCUT2D eigenvalue weighted by Crippen LogP contribution is 2.26. The lowest BCUT2D eigenvalue weighted by Gasteiger charge is -2.05. The first-order chi connectivity index (χ1) is 11.6. The van der Waals surface area contributed by atoms with Crippen molar-refractivity contribution in [3.05, 3.63) is 32.9 Å². The zero-order chi connectivity index (χ0) is 17.1. The molecule has 24 heavy (non-hydrogen) atoms. The van der Waals surface area contributed by atoms with Gasteiger partial charge in [0.1, 0.15) is 17.0 Å². The molecule has 0 saturated heterocycles. The minimum Gasteiger partial charge on any atom is -0.385 e. The summed E-state index contributed by atoms with van der Waals surface area (Å²) in [4.78, 5) is 21.7. The van der Waals surface area contributed by atoms with Gasteiger partial charge in [0.25, 0.3) is 5.56 Å². The van der Waals surface area contributed by atoms with E-state index >= 15 is 0 Å². The molecule has 3 aromatic heterocycles. The molecule has 0 spiro atoms. The molecule has 1 N–H and O–H groups in total. The van der Waals surface area contributed by atoms with E-state index in [1.54, 1.807) is 24.8 Å². The monoisotopic (exact) mass is 365 g/mol.